The SMILES string of the molecule is O=c1[nH]c2ccccc2n1C1CCCC2CN(CC3CCCCCCC3)CC21. The van der Waals surface area contributed by atoms with Gasteiger partial charge in [0, 0.05) is 25.7 Å². The second kappa shape index (κ2) is 8.06. The molecule has 1 N–H and O–H groups in total. The minimum Gasteiger partial charge on any atom is -0.306 e. The number of hydrogen-bond donors (Lipinski definition) is 1. The molecular formula is C24H35N3O. The molecule has 0 bridgehead atoms. The Bertz CT molecular complexity index is 845. The zero-order chi connectivity index (χ0) is 18.9. The molecule has 4 nitrogen and oxygen atoms in total. The van der Waals surface area contributed by atoms with Gasteiger partial charge in [-0.1, -0.05) is 50.7 Å². The second-order valence-electron chi connectivity index (χ2n) is 9.67. The van der Waals surface area contributed by atoms with Crippen LogP contribution in [0.3, 0.4) is 0 Å². The fourth-order valence-electron chi connectivity index (χ4n) is 6.49. The number of nitrogens with zero attached hydrogens (tertiary/aromatic N) is 2. The van der Waals surface area contributed by atoms with E-state index < -0.39 is 0 Å². The van der Waals surface area contributed by atoms with Crippen LogP contribution in [0.4, 0.5) is 0 Å². The highest BCUT2D eigenvalue weighted by Crippen LogP contribution is 2.43. The van der Waals surface area contributed by atoms with E-state index in [-0.39, 0.29) is 5.69 Å². The van der Waals surface area contributed by atoms with E-state index in [4.69, 9.17) is 0 Å². The summed E-state index contributed by atoms with van der Waals surface area (Å²) in [5.41, 5.74) is 2.17. The van der Waals surface area contributed by atoms with Crippen LogP contribution >= 0.6 is 0 Å². The molecule has 3 unspecified atom stereocenters. The summed E-state index contributed by atoms with van der Waals surface area (Å²) in [5, 5.41) is 0. The number of aromatic amines is 1. The standard InChI is InChI=1S/C24H35N3O/c28-24-25-21-12-6-7-13-23(21)27(24)22-14-8-11-19-16-26(17-20(19)22)15-18-9-4-2-1-3-5-10-18/h6-7,12-13,18-20,22H,1-5,8-11,14-17H2,(H,25,28). The lowest BCUT2D eigenvalue weighted by Gasteiger charge is -2.33. The number of H-pyrrole nitrogens is 1. The van der Waals surface area contributed by atoms with Crippen LogP contribution in [0.5, 0.6) is 0 Å². The number of nitrogens with one attached hydrogen (secondary N) is 1. The van der Waals surface area contributed by atoms with Crippen LogP contribution in [0.2, 0.25) is 0 Å². The van der Waals surface area contributed by atoms with E-state index in [0.717, 1.165) is 29.3 Å². The van der Waals surface area contributed by atoms with E-state index >= 15 is 0 Å². The molecule has 2 heterocycles. The molecule has 1 aromatic heterocycles. The average Bonchev–Trinajstić information content (AvgIpc) is 3.23. The van der Waals surface area contributed by atoms with Gasteiger partial charge in [-0.25, -0.2) is 4.79 Å². The van der Waals surface area contributed by atoms with Gasteiger partial charge in [0.15, 0.2) is 0 Å². The fourth-order valence-corrected chi connectivity index (χ4v) is 6.49. The van der Waals surface area contributed by atoms with Crippen LogP contribution in [0.1, 0.15) is 70.3 Å². The maximum atomic E-state index is 12.8. The van der Waals surface area contributed by atoms with E-state index in [1.807, 2.05) is 12.1 Å². The molecule has 5 rings (SSSR count). The zero-order valence-corrected chi connectivity index (χ0v) is 17.1. The quantitative estimate of drug-likeness (QED) is 0.816. The Morgan fingerprint density at radius 1 is 0.893 bits per heavy atom. The molecule has 2 saturated carbocycles. The second-order valence-corrected chi connectivity index (χ2v) is 9.67. The highest BCUT2D eigenvalue weighted by atomic mass is 16.1. The number of fused-ring (bicyclic) bond motifs is 2. The lowest BCUT2D eigenvalue weighted by Crippen LogP contribution is -2.34. The largest absolute Gasteiger partial charge is 0.326 e. The van der Waals surface area contributed by atoms with Crippen LogP contribution in [-0.4, -0.2) is 34.1 Å². The Morgan fingerprint density at radius 2 is 1.68 bits per heavy atom. The fraction of sp³-hybridized carbons (Fsp3) is 0.708. The van der Waals surface area contributed by atoms with Gasteiger partial charge < -0.3 is 9.88 Å². The number of aromatic nitrogens is 2. The van der Waals surface area contributed by atoms with Crippen molar-refractivity contribution in [1.29, 1.82) is 0 Å². The van der Waals surface area contributed by atoms with Gasteiger partial charge in [-0.05, 0) is 55.6 Å². The molecule has 3 atom stereocenters. The molecule has 0 amide bonds. The molecule has 1 aliphatic heterocycles. The molecule has 4 heteroatoms. The minimum absolute atomic E-state index is 0.0883. The van der Waals surface area contributed by atoms with Gasteiger partial charge in [0.25, 0.3) is 0 Å². The Hall–Kier alpha value is -1.55. The number of likely N-dealkylation sites (tertiary alicyclic amines) is 1. The normalized spacial score (nSPS) is 30.2. The summed E-state index contributed by atoms with van der Waals surface area (Å²) >= 11 is 0. The molecule has 152 valence electrons. The highest BCUT2D eigenvalue weighted by molar-refractivity contribution is 5.75. The van der Waals surface area contributed by atoms with Gasteiger partial charge in [0.1, 0.15) is 0 Å². The van der Waals surface area contributed by atoms with Crippen LogP contribution < -0.4 is 5.69 Å². The Morgan fingerprint density at radius 3 is 2.54 bits per heavy atom. The predicted octanol–water partition coefficient (Wildman–Crippen LogP) is 4.96. The number of benzene rings is 1. The predicted molar refractivity (Wildman–Crippen MR) is 115 cm³/mol. The van der Waals surface area contributed by atoms with Crippen LogP contribution in [0.15, 0.2) is 29.1 Å². The molecular weight excluding hydrogens is 346 g/mol. The molecule has 0 radical (unpaired) electrons. The first-order valence-electron chi connectivity index (χ1n) is 11.7. The van der Waals surface area contributed by atoms with Crippen molar-refractivity contribution in [2.45, 2.75) is 70.3 Å². The third-order valence-electron chi connectivity index (χ3n) is 7.83. The number of hydrogen-bond acceptors (Lipinski definition) is 2. The monoisotopic (exact) mass is 381 g/mol. The van der Waals surface area contributed by atoms with Crippen molar-refractivity contribution in [3.8, 4) is 0 Å². The average molecular weight is 382 g/mol. The van der Waals surface area contributed by atoms with Crippen molar-refractivity contribution < 1.29 is 0 Å². The molecule has 3 aliphatic rings. The summed E-state index contributed by atoms with van der Waals surface area (Å²) in [4.78, 5) is 18.6. The van der Waals surface area contributed by atoms with E-state index in [1.54, 1.807) is 0 Å². The number of imidazole rings is 1. The van der Waals surface area contributed by atoms with Crippen molar-refractivity contribution in [2.75, 3.05) is 19.6 Å². The van der Waals surface area contributed by atoms with Gasteiger partial charge in [-0.3, -0.25) is 4.57 Å². The first-order chi connectivity index (χ1) is 13.8. The summed E-state index contributed by atoms with van der Waals surface area (Å²) in [6.45, 7) is 3.75. The number of para-hydroxylation sites is 2. The van der Waals surface area contributed by atoms with Gasteiger partial charge in [0.2, 0.25) is 0 Å². The lowest BCUT2D eigenvalue weighted by atomic mass is 9.78. The summed E-state index contributed by atoms with van der Waals surface area (Å²) in [6.07, 6.45) is 13.8. The maximum Gasteiger partial charge on any atom is 0.326 e. The first kappa shape index (κ1) is 18.5. The van der Waals surface area contributed by atoms with Gasteiger partial charge in [-0.15, -0.1) is 0 Å². The molecule has 28 heavy (non-hydrogen) atoms. The summed E-state index contributed by atoms with van der Waals surface area (Å²) < 4.78 is 2.10. The molecule has 1 saturated heterocycles. The third kappa shape index (κ3) is 3.56. The van der Waals surface area contributed by atoms with E-state index in [9.17, 15) is 4.79 Å². The number of rotatable bonds is 3. The molecule has 2 aromatic rings. The van der Waals surface area contributed by atoms with Crippen molar-refractivity contribution in [2.24, 2.45) is 17.8 Å². The van der Waals surface area contributed by atoms with E-state index in [0.29, 0.717) is 12.0 Å². The van der Waals surface area contributed by atoms with Crippen molar-refractivity contribution in [1.82, 2.24) is 14.5 Å². The highest BCUT2D eigenvalue weighted by Gasteiger charge is 2.42. The summed E-state index contributed by atoms with van der Waals surface area (Å²) in [6, 6.07) is 8.58. The minimum atomic E-state index is 0.0883. The lowest BCUT2D eigenvalue weighted by molar-refractivity contribution is 0.199. The van der Waals surface area contributed by atoms with E-state index in [2.05, 4.69) is 26.6 Å². The van der Waals surface area contributed by atoms with E-state index in [1.165, 1.54) is 77.4 Å². The molecule has 1 aromatic carbocycles. The Kier molecular flexibility index (Phi) is 5.32. The van der Waals surface area contributed by atoms with Crippen LogP contribution in [0, 0.1) is 17.8 Å². The molecule has 0 spiro atoms. The van der Waals surface area contributed by atoms with Gasteiger partial charge >= 0.3 is 5.69 Å². The van der Waals surface area contributed by atoms with Crippen LogP contribution in [0.25, 0.3) is 11.0 Å². The van der Waals surface area contributed by atoms with Crippen molar-refractivity contribution >= 4 is 11.0 Å². The van der Waals surface area contributed by atoms with Gasteiger partial charge in [-0.2, -0.15) is 0 Å². The smallest absolute Gasteiger partial charge is 0.306 e. The van der Waals surface area contributed by atoms with Crippen molar-refractivity contribution in [3.63, 3.8) is 0 Å². The third-order valence-corrected chi connectivity index (χ3v) is 7.83. The summed E-state index contributed by atoms with van der Waals surface area (Å²) in [7, 11) is 0. The zero-order valence-electron chi connectivity index (χ0n) is 17.1. The maximum absolute atomic E-state index is 12.8. The van der Waals surface area contributed by atoms with Crippen molar-refractivity contribution in [3.05, 3.63) is 34.7 Å². The molecule has 2 aliphatic carbocycles. The Balaban J connectivity index is 1.33. The first-order valence-corrected chi connectivity index (χ1v) is 11.7. The molecule has 3 fully saturated rings. The Labute approximate surface area is 168 Å². The van der Waals surface area contributed by atoms with Crippen LogP contribution in [-0.2, 0) is 0 Å². The summed E-state index contributed by atoms with van der Waals surface area (Å²) in [5.74, 6) is 2.31. The topological polar surface area (TPSA) is 41.0 Å². The van der Waals surface area contributed by atoms with Gasteiger partial charge in [0.05, 0.1) is 11.0 Å².